The van der Waals surface area contributed by atoms with Gasteiger partial charge in [-0.1, -0.05) is 50.1 Å². The van der Waals surface area contributed by atoms with Crippen molar-refractivity contribution in [3.05, 3.63) is 78.6 Å². The van der Waals surface area contributed by atoms with E-state index in [0.717, 1.165) is 18.7 Å². The van der Waals surface area contributed by atoms with Gasteiger partial charge in [0.05, 0.1) is 16.9 Å². The number of benzene rings is 2. The largest absolute Gasteiger partial charge is 0.455 e. The number of carbonyl (C=O) groups is 1. The van der Waals surface area contributed by atoms with Crippen molar-refractivity contribution in [1.29, 1.82) is 0 Å². The van der Waals surface area contributed by atoms with Crippen LogP contribution in [0.2, 0.25) is 0 Å². The van der Waals surface area contributed by atoms with Crippen molar-refractivity contribution in [2.75, 3.05) is 17.2 Å². The molecule has 0 atom stereocenters. The van der Waals surface area contributed by atoms with Crippen LogP contribution in [-0.2, 0) is 0 Å². The van der Waals surface area contributed by atoms with Crippen molar-refractivity contribution in [2.24, 2.45) is 0 Å². The lowest BCUT2D eigenvalue weighted by molar-refractivity contribution is 0.102. The number of rotatable bonds is 9. The number of anilines is 2. The first-order chi connectivity index (χ1) is 13.8. The summed E-state index contributed by atoms with van der Waals surface area (Å²) in [5.41, 5.74) is 1.95. The molecule has 0 saturated heterocycles. The van der Waals surface area contributed by atoms with Crippen LogP contribution < -0.4 is 15.4 Å². The lowest BCUT2D eigenvalue weighted by Crippen LogP contribution is -2.13. The summed E-state index contributed by atoms with van der Waals surface area (Å²) in [6.45, 7) is 3.04. The maximum absolute atomic E-state index is 12.7. The van der Waals surface area contributed by atoms with Crippen molar-refractivity contribution in [2.45, 2.75) is 26.2 Å². The Morgan fingerprint density at radius 2 is 1.79 bits per heavy atom. The van der Waals surface area contributed by atoms with Crippen molar-refractivity contribution in [3.8, 4) is 11.5 Å². The summed E-state index contributed by atoms with van der Waals surface area (Å²) < 4.78 is 5.90. The van der Waals surface area contributed by atoms with E-state index in [2.05, 4.69) is 22.5 Å². The van der Waals surface area contributed by atoms with E-state index < -0.39 is 0 Å². The molecule has 0 fully saturated rings. The quantitative estimate of drug-likeness (QED) is 0.469. The molecule has 1 heterocycles. The Labute approximate surface area is 165 Å². The SMILES string of the molecule is CCCCCNc1cncc(C(=O)Nc2ccccc2Oc2ccccc2)c1. The molecule has 0 aliphatic rings. The Kier molecular flexibility index (Phi) is 7.01. The van der Waals surface area contributed by atoms with E-state index in [1.165, 1.54) is 12.8 Å². The first kappa shape index (κ1) is 19.4. The normalized spacial score (nSPS) is 10.3. The summed E-state index contributed by atoms with van der Waals surface area (Å²) in [4.78, 5) is 16.9. The van der Waals surface area contributed by atoms with Crippen LogP contribution >= 0.6 is 0 Å². The summed E-state index contributed by atoms with van der Waals surface area (Å²) in [6.07, 6.45) is 6.74. The predicted octanol–water partition coefficient (Wildman–Crippen LogP) is 5.73. The summed E-state index contributed by atoms with van der Waals surface area (Å²) in [7, 11) is 0. The summed E-state index contributed by atoms with van der Waals surface area (Å²) in [5, 5.41) is 6.23. The molecule has 1 aromatic heterocycles. The fourth-order valence-electron chi connectivity index (χ4n) is 2.74. The fourth-order valence-corrected chi connectivity index (χ4v) is 2.74. The van der Waals surface area contributed by atoms with Crippen LogP contribution in [0, 0.1) is 0 Å². The molecule has 0 spiro atoms. The van der Waals surface area contributed by atoms with Gasteiger partial charge in [-0.15, -0.1) is 0 Å². The van der Waals surface area contributed by atoms with Crippen LogP contribution in [0.5, 0.6) is 11.5 Å². The average molecular weight is 375 g/mol. The zero-order valence-electron chi connectivity index (χ0n) is 16.0. The summed E-state index contributed by atoms with van der Waals surface area (Å²) >= 11 is 0. The zero-order chi connectivity index (χ0) is 19.6. The van der Waals surface area contributed by atoms with Gasteiger partial charge in [0.15, 0.2) is 5.75 Å². The van der Waals surface area contributed by atoms with E-state index in [9.17, 15) is 4.79 Å². The molecule has 0 aliphatic heterocycles. The summed E-state index contributed by atoms with van der Waals surface area (Å²) in [5.74, 6) is 1.07. The van der Waals surface area contributed by atoms with Crippen LogP contribution in [0.3, 0.4) is 0 Å². The highest BCUT2D eigenvalue weighted by Crippen LogP contribution is 2.29. The Morgan fingerprint density at radius 3 is 2.61 bits per heavy atom. The van der Waals surface area contributed by atoms with Crippen LogP contribution in [-0.4, -0.2) is 17.4 Å². The Morgan fingerprint density at radius 1 is 1.00 bits per heavy atom. The fraction of sp³-hybridized carbons (Fsp3) is 0.217. The lowest BCUT2D eigenvalue weighted by atomic mass is 10.2. The van der Waals surface area contributed by atoms with Gasteiger partial charge in [0, 0.05) is 18.9 Å². The van der Waals surface area contributed by atoms with Gasteiger partial charge in [-0.2, -0.15) is 0 Å². The smallest absolute Gasteiger partial charge is 0.257 e. The zero-order valence-corrected chi connectivity index (χ0v) is 16.0. The number of unbranched alkanes of at least 4 members (excludes halogenated alkanes) is 2. The molecular formula is C23H25N3O2. The standard InChI is InChI=1S/C23H25N3O2/c1-2-3-9-14-25-19-15-18(16-24-17-19)23(27)26-21-12-7-8-13-22(21)28-20-10-5-4-6-11-20/h4-8,10-13,15-17,25H,2-3,9,14H2,1H3,(H,26,27). The van der Waals surface area contributed by atoms with Gasteiger partial charge in [0.25, 0.3) is 5.91 Å². The van der Waals surface area contributed by atoms with Crippen LogP contribution in [0.1, 0.15) is 36.5 Å². The number of ether oxygens (including phenoxy) is 1. The van der Waals surface area contributed by atoms with Gasteiger partial charge < -0.3 is 15.4 Å². The van der Waals surface area contributed by atoms with Crippen molar-refractivity contribution >= 4 is 17.3 Å². The van der Waals surface area contributed by atoms with E-state index in [0.29, 0.717) is 22.7 Å². The molecule has 5 nitrogen and oxygen atoms in total. The number of pyridine rings is 1. The first-order valence-corrected chi connectivity index (χ1v) is 9.58. The second-order valence-corrected chi connectivity index (χ2v) is 6.46. The molecule has 0 radical (unpaired) electrons. The number of aromatic nitrogens is 1. The van der Waals surface area contributed by atoms with Gasteiger partial charge >= 0.3 is 0 Å². The topological polar surface area (TPSA) is 63.2 Å². The van der Waals surface area contributed by atoms with Gasteiger partial charge in [-0.25, -0.2) is 0 Å². The van der Waals surface area contributed by atoms with Gasteiger partial charge in [-0.3, -0.25) is 9.78 Å². The second kappa shape index (κ2) is 10.1. The molecule has 3 aromatic rings. The molecular weight excluding hydrogens is 350 g/mol. The predicted molar refractivity (Wildman–Crippen MR) is 113 cm³/mol. The molecule has 0 bridgehead atoms. The first-order valence-electron chi connectivity index (χ1n) is 9.58. The highest BCUT2D eigenvalue weighted by Gasteiger charge is 2.11. The lowest BCUT2D eigenvalue weighted by Gasteiger charge is -2.12. The maximum Gasteiger partial charge on any atom is 0.257 e. The van der Waals surface area contributed by atoms with Gasteiger partial charge in [-0.05, 0) is 36.8 Å². The third kappa shape index (κ3) is 5.58. The van der Waals surface area contributed by atoms with Gasteiger partial charge in [0.2, 0.25) is 0 Å². The number of nitrogens with one attached hydrogen (secondary N) is 2. The maximum atomic E-state index is 12.7. The Balaban J connectivity index is 1.68. The highest BCUT2D eigenvalue weighted by atomic mass is 16.5. The molecule has 144 valence electrons. The highest BCUT2D eigenvalue weighted by molar-refractivity contribution is 6.05. The molecule has 0 aliphatic carbocycles. The number of para-hydroxylation sites is 3. The molecule has 1 amide bonds. The number of nitrogens with zero attached hydrogens (tertiary/aromatic N) is 1. The van der Waals surface area contributed by atoms with E-state index in [1.54, 1.807) is 12.4 Å². The molecule has 0 saturated carbocycles. The monoisotopic (exact) mass is 375 g/mol. The van der Waals surface area contributed by atoms with E-state index in [-0.39, 0.29) is 5.91 Å². The minimum absolute atomic E-state index is 0.228. The number of hydrogen-bond acceptors (Lipinski definition) is 4. The van der Waals surface area contributed by atoms with Crippen LogP contribution in [0.25, 0.3) is 0 Å². The average Bonchev–Trinajstić information content (AvgIpc) is 2.74. The number of amides is 1. The van der Waals surface area contributed by atoms with E-state index >= 15 is 0 Å². The molecule has 5 heteroatoms. The number of hydrogen-bond donors (Lipinski definition) is 2. The van der Waals surface area contributed by atoms with Gasteiger partial charge in [0.1, 0.15) is 5.75 Å². The Bertz CT molecular complexity index is 897. The van der Waals surface area contributed by atoms with E-state index in [1.807, 2.05) is 60.7 Å². The van der Waals surface area contributed by atoms with Crippen LogP contribution in [0.15, 0.2) is 73.1 Å². The summed E-state index contributed by atoms with van der Waals surface area (Å²) in [6, 6.07) is 18.7. The Hall–Kier alpha value is -3.34. The minimum Gasteiger partial charge on any atom is -0.455 e. The molecule has 2 N–H and O–H groups in total. The molecule has 28 heavy (non-hydrogen) atoms. The van der Waals surface area contributed by atoms with Crippen LogP contribution in [0.4, 0.5) is 11.4 Å². The minimum atomic E-state index is -0.228. The van der Waals surface area contributed by atoms with Crippen molar-refractivity contribution in [3.63, 3.8) is 0 Å². The number of carbonyl (C=O) groups excluding carboxylic acids is 1. The van der Waals surface area contributed by atoms with Crippen molar-refractivity contribution < 1.29 is 9.53 Å². The third-order valence-corrected chi connectivity index (χ3v) is 4.22. The molecule has 3 rings (SSSR count). The van der Waals surface area contributed by atoms with Crippen molar-refractivity contribution in [1.82, 2.24) is 4.98 Å². The third-order valence-electron chi connectivity index (χ3n) is 4.22. The molecule has 2 aromatic carbocycles. The molecule has 0 unspecified atom stereocenters. The van der Waals surface area contributed by atoms with E-state index in [4.69, 9.17) is 4.74 Å². The second-order valence-electron chi connectivity index (χ2n) is 6.46.